The van der Waals surface area contributed by atoms with Gasteiger partial charge < -0.3 is 10.1 Å². The number of carbonyl (C=O) groups is 2. The molecule has 5 nitrogen and oxygen atoms in total. The Kier molecular flexibility index (Phi) is 6.76. The molecule has 1 heterocycles. The maximum Gasteiger partial charge on any atom is 0.319 e. The first-order chi connectivity index (χ1) is 13.5. The molecule has 1 aromatic heterocycles. The molecule has 0 saturated heterocycles. The lowest BCUT2D eigenvalue weighted by Gasteiger charge is -2.17. The van der Waals surface area contributed by atoms with Crippen LogP contribution >= 0.6 is 23.1 Å². The minimum atomic E-state index is -0.441. The van der Waals surface area contributed by atoms with E-state index in [0.717, 1.165) is 29.7 Å². The zero-order valence-electron chi connectivity index (χ0n) is 15.9. The van der Waals surface area contributed by atoms with Gasteiger partial charge in [0.25, 0.3) is 5.91 Å². The van der Waals surface area contributed by atoms with Crippen LogP contribution in [0.4, 0.5) is 5.00 Å². The van der Waals surface area contributed by atoms with Crippen molar-refractivity contribution >= 4 is 40.0 Å². The molecule has 1 aromatic carbocycles. The molecule has 1 aliphatic carbocycles. The summed E-state index contributed by atoms with van der Waals surface area (Å²) >= 11 is 2.85. The van der Waals surface area contributed by atoms with Crippen LogP contribution in [0.2, 0.25) is 0 Å². The average Bonchev–Trinajstić information content (AvgIpc) is 3.02. The van der Waals surface area contributed by atoms with Crippen molar-refractivity contribution in [2.75, 3.05) is 11.9 Å². The summed E-state index contributed by atoms with van der Waals surface area (Å²) in [6.07, 6.45) is 2.86. The molecule has 2 aromatic rings. The fourth-order valence-electron chi connectivity index (χ4n) is 3.13. The number of benzene rings is 1. The maximum atomic E-state index is 12.2. The molecule has 3 rings (SSSR count). The Morgan fingerprint density at radius 1 is 1.39 bits per heavy atom. The number of amides is 1. The van der Waals surface area contributed by atoms with E-state index in [0.29, 0.717) is 16.5 Å². The maximum absolute atomic E-state index is 12.2. The molecule has 146 valence electrons. The summed E-state index contributed by atoms with van der Waals surface area (Å²) in [5.74, 6) is -0.275. The standard InChI is InChI=1S/C21H22N2O3S2/c1-13-8-9-16-17(11-22)20(28-18(16)10-13)23-19(24)12-26-21(25)14(2)27-15-6-4-3-5-7-15/h3-7,13-14H,8-10,12H2,1-2H3,(H,23,24)/t13-,14+/m1/s1. The minimum Gasteiger partial charge on any atom is -0.455 e. The Bertz CT molecular complexity index is 902. The van der Waals surface area contributed by atoms with Crippen LogP contribution in [0.15, 0.2) is 35.2 Å². The molecule has 0 spiro atoms. The highest BCUT2D eigenvalue weighted by atomic mass is 32.2. The second-order valence-corrected chi connectivity index (χ2v) is 9.42. The van der Waals surface area contributed by atoms with Crippen LogP contribution in [0.1, 0.15) is 36.3 Å². The van der Waals surface area contributed by atoms with Gasteiger partial charge in [0, 0.05) is 9.77 Å². The minimum absolute atomic E-state index is 0.359. The third kappa shape index (κ3) is 4.94. The van der Waals surface area contributed by atoms with Crippen LogP contribution in [0.25, 0.3) is 0 Å². The van der Waals surface area contributed by atoms with Gasteiger partial charge >= 0.3 is 5.97 Å². The van der Waals surface area contributed by atoms with E-state index >= 15 is 0 Å². The van der Waals surface area contributed by atoms with E-state index in [1.54, 1.807) is 6.92 Å². The van der Waals surface area contributed by atoms with E-state index in [1.807, 2.05) is 30.3 Å². The number of thiophene rings is 1. The Balaban J connectivity index is 1.55. The van der Waals surface area contributed by atoms with Gasteiger partial charge in [-0.2, -0.15) is 5.26 Å². The zero-order valence-corrected chi connectivity index (χ0v) is 17.5. The third-order valence-electron chi connectivity index (χ3n) is 4.61. The molecule has 0 saturated carbocycles. The zero-order chi connectivity index (χ0) is 20.1. The predicted octanol–water partition coefficient (Wildman–Crippen LogP) is 4.41. The third-order valence-corrected chi connectivity index (χ3v) is 6.87. The SMILES string of the molecule is C[C@@H]1CCc2c(sc(NC(=O)COC(=O)[C@H](C)Sc3ccccc3)c2C#N)C1. The van der Waals surface area contributed by atoms with Crippen molar-refractivity contribution in [3.8, 4) is 6.07 Å². The van der Waals surface area contributed by atoms with Crippen LogP contribution in [0, 0.1) is 17.2 Å². The second kappa shape index (κ2) is 9.26. The number of nitriles is 1. The number of carbonyl (C=O) groups excluding carboxylic acids is 2. The van der Waals surface area contributed by atoms with Gasteiger partial charge in [0.2, 0.25) is 0 Å². The first-order valence-electron chi connectivity index (χ1n) is 9.20. The van der Waals surface area contributed by atoms with Gasteiger partial charge in [0.05, 0.1) is 5.56 Å². The van der Waals surface area contributed by atoms with Gasteiger partial charge in [-0.1, -0.05) is 25.1 Å². The molecule has 0 unspecified atom stereocenters. The van der Waals surface area contributed by atoms with Crippen molar-refractivity contribution in [3.63, 3.8) is 0 Å². The van der Waals surface area contributed by atoms with Crippen LogP contribution in [0.5, 0.6) is 0 Å². The van der Waals surface area contributed by atoms with Crippen molar-refractivity contribution < 1.29 is 14.3 Å². The van der Waals surface area contributed by atoms with Gasteiger partial charge in [-0.15, -0.1) is 23.1 Å². The van der Waals surface area contributed by atoms with E-state index in [2.05, 4.69) is 18.3 Å². The molecule has 0 bridgehead atoms. The highest BCUT2D eigenvalue weighted by Gasteiger charge is 2.25. The number of hydrogen-bond acceptors (Lipinski definition) is 6. The predicted molar refractivity (Wildman–Crippen MR) is 112 cm³/mol. The molecule has 7 heteroatoms. The fraction of sp³-hybridized carbons (Fsp3) is 0.381. The second-order valence-electron chi connectivity index (χ2n) is 6.90. The number of rotatable bonds is 6. The van der Waals surface area contributed by atoms with Gasteiger partial charge in [-0.05, 0) is 49.8 Å². The van der Waals surface area contributed by atoms with E-state index in [4.69, 9.17) is 4.74 Å². The van der Waals surface area contributed by atoms with Crippen molar-refractivity contribution in [1.82, 2.24) is 0 Å². The highest BCUT2D eigenvalue weighted by Crippen LogP contribution is 2.39. The van der Waals surface area contributed by atoms with Crippen LogP contribution in [-0.4, -0.2) is 23.7 Å². The number of thioether (sulfide) groups is 1. The lowest BCUT2D eigenvalue weighted by molar-refractivity contribution is -0.146. The van der Waals surface area contributed by atoms with Crippen LogP contribution < -0.4 is 5.32 Å². The van der Waals surface area contributed by atoms with E-state index in [9.17, 15) is 14.9 Å². The molecule has 1 aliphatic rings. The molecular formula is C21H22N2O3S2. The van der Waals surface area contributed by atoms with Gasteiger partial charge in [0.1, 0.15) is 16.3 Å². The fourth-order valence-corrected chi connectivity index (χ4v) is 5.39. The lowest BCUT2D eigenvalue weighted by atomic mass is 9.89. The molecule has 0 radical (unpaired) electrons. The number of nitrogens with zero attached hydrogens (tertiary/aromatic N) is 1. The van der Waals surface area contributed by atoms with E-state index in [-0.39, 0.29) is 6.61 Å². The van der Waals surface area contributed by atoms with Gasteiger partial charge in [-0.3, -0.25) is 9.59 Å². The van der Waals surface area contributed by atoms with Crippen molar-refractivity contribution in [2.24, 2.45) is 5.92 Å². The first kappa shape index (κ1) is 20.4. The Morgan fingerprint density at radius 2 is 2.14 bits per heavy atom. The quantitative estimate of drug-likeness (QED) is 0.560. The Labute approximate surface area is 173 Å². The molecule has 0 fully saturated rings. The van der Waals surface area contributed by atoms with Crippen molar-refractivity contribution in [2.45, 2.75) is 43.3 Å². The molecule has 28 heavy (non-hydrogen) atoms. The van der Waals surface area contributed by atoms with E-state index < -0.39 is 17.1 Å². The van der Waals surface area contributed by atoms with Gasteiger partial charge in [0.15, 0.2) is 6.61 Å². The van der Waals surface area contributed by atoms with Gasteiger partial charge in [-0.25, -0.2) is 0 Å². The number of anilines is 1. The smallest absolute Gasteiger partial charge is 0.319 e. The number of ether oxygens (including phenoxy) is 1. The summed E-state index contributed by atoms with van der Waals surface area (Å²) in [7, 11) is 0. The Hall–Kier alpha value is -2.30. The van der Waals surface area contributed by atoms with Crippen LogP contribution in [-0.2, 0) is 27.2 Å². The summed E-state index contributed by atoms with van der Waals surface area (Å²) in [5.41, 5.74) is 1.62. The lowest BCUT2D eigenvalue weighted by Crippen LogP contribution is -2.24. The summed E-state index contributed by atoms with van der Waals surface area (Å²) < 4.78 is 5.15. The Morgan fingerprint density at radius 3 is 2.86 bits per heavy atom. The van der Waals surface area contributed by atoms with Crippen LogP contribution in [0.3, 0.4) is 0 Å². The molecule has 2 atom stereocenters. The number of fused-ring (bicyclic) bond motifs is 1. The number of hydrogen-bond donors (Lipinski definition) is 1. The van der Waals surface area contributed by atoms with Crippen molar-refractivity contribution in [1.29, 1.82) is 5.26 Å². The average molecular weight is 415 g/mol. The summed E-state index contributed by atoms with van der Waals surface area (Å²) in [5, 5.41) is 12.4. The monoisotopic (exact) mass is 414 g/mol. The molecule has 1 N–H and O–H groups in total. The number of esters is 1. The largest absolute Gasteiger partial charge is 0.455 e. The highest BCUT2D eigenvalue weighted by molar-refractivity contribution is 8.00. The molecule has 0 aliphatic heterocycles. The number of nitrogens with one attached hydrogen (secondary N) is 1. The van der Waals surface area contributed by atoms with Crippen molar-refractivity contribution in [3.05, 3.63) is 46.3 Å². The first-order valence-corrected chi connectivity index (χ1v) is 10.9. The summed E-state index contributed by atoms with van der Waals surface area (Å²) in [6.45, 7) is 3.59. The topological polar surface area (TPSA) is 79.2 Å². The summed E-state index contributed by atoms with van der Waals surface area (Å²) in [6, 6.07) is 11.8. The van der Waals surface area contributed by atoms with E-state index in [1.165, 1.54) is 28.0 Å². The molecule has 1 amide bonds. The molecular weight excluding hydrogens is 392 g/mol. The normalized spacial score (nSPS) is 16.5. The summed E-state index contributed by atoms with van der Waals surface area (Å²) in [4.78, 5) is 26.5.